The Morgan fingerprint density at radius 3 is 2.53 bits per heavy atom. The molecule has 0 aromatic heterocycles. The van der Waals surface area contributed by atoms with Gasteiger partial charge in [-0.1, -0.05) is 19.1 Å². The monoisotopic (exact) mass is 263 g/mol. The summed E-state index contributed by atoms with van der Waals surface area (Å²) in [4.78, 5) is 11.7. The van der Waals surface area contributed by atoms with Gasteiger partial charge in [-0.2, -0.15) is 0 Å². The van der Waals surface area contributed by atoms with Gasteiger partial charge in [0, 0.05) is 25.2 Å². The van der Waals surface area contributed by atoms with Crippen molar-refractivity contribution in [3.8, 4) is 0 Å². The molecule has 4 N–H and O–H groups in total. The van der Waals surface area contributed by atoms with Crippen molar-refractivity contribution in [2.24, 2.45) is 5.73 Å². The third kappa shape index (κ3) is 6.36. The fourth-order valence-corrected chi connectivity index (χ4v) is 1.81. The summed E-state index contributed by atoms with van der Waals surface area (Å²) < 4.78 is 0. The average molecular weight is 263 g/mol. The van der Waals surface area contributed by atoms with E-state index in [-0.39, 0.29) is 5.91 Å². The molecule has 0 radical (unpaired) electrons. The maximum absolute atomic E-state index is 11.7. The van der Waals surface area contributed by atoms with Gasteiger partial charge in [0.15, 0.2) is 0 Å². The molecule has 0 aliphatic rings. The minimum atomic E-state index is 0.0120. The van der Waals surface area contributed by atoms with Crippen LogP contribution in [0.2, 0.25) is 0 Å². The van der Waals surface area contributed by atoms with Crippen molar-refractivity contribution < 1.29 is 4.79 Å². The van der Waals surface area contributed by atoms with Crippen LogP contribution in [-0.4, -0.2) is 32.1 Å². The van der Waals surface area contributed by atoms with Crippen molar-refractivity contribution in [2.45, 2.75) is 26.2 Å². The van der Waals surface area contributed by atoms with E-state index in [1.54, 1.807) is 0 Å². The van der Waals surface area contributed by atoms with Gasteiger partial charge in [0.05, 0.1) is 0 Å². The van der Waals surface area contributed by atoms with E-state index in [1.807, 2.05) is 31.2 Å². The normalized spacial score (nSPS) is 10.4. The first-order valence-electron chi connectivity index (χ1n) is 7.06. The summed E-state index contributed by atoms with van der Waals surface area (Å²) in [5.41, 5.74) is 7.40. The Morgan fingerprint density at radius 2 is 1.89 bits per heavy atom. The van der Waals surface area contributed by atoms with Crippen LogP contribution in [0.3, 0.4) is 0 Å². The van der Waals surface area contributed by atoms with Crippen LogP contribution in [0.5, 0.6) is 0 Å². The van der Waals surface area contributed by atoms with Crippen LogP contribution in [0, 0.1) is 0 Å². The first kappa shape index (κ1) is 15.7. The van der Waals surface area contributed by atoms with E-state index in [2.05, 4.69) is 10.6 Å². The predicted molar refractivity (Wildman–Crippen MR) is 79.3 cm³/mol. The van der Waals surface area contributed by atoms with Crippen LogP contribution in [0.4, 0.5) is 0 Å². The van der Waals surface area contributed by atoms with Crippen molar-refractivity contribution in [1.82, 2.24) is 10.6 Å². The van der Waals surface area contributed by atoms with E-state index < -0.39 is 0 Å². The Labute approximate surface area is 115 Å². The molecular weight excluding hydrogens is 238 g/mol. The van der Waals surface area contributed by atoms with Gasteiger partial charge < -0.3 is 16.4 Å². The first-order chi connectivity index (χ1) is 9.27. The van der Waals surface area contributed by atoms with E-state index in [0.29, 0.717) is 6.54 Å². The van der Waals surface area contributed by atoms with Gasteiger partial charge >= 0.3 is 0 Å². The third-order valence-electron chi connectivity index (χ3n) is 2.89. The fourth-order valence-electron chi connectivity index (χ4n) is 1.81. The Balaban J connectivity index is 2.32. The molecule has 0 spiro atoms. The molecular formula is C15H25N3O. The molecule has 0 aliphatic heterocycles. The second kappa shape index (κ2) is 9.53. The van der Waals surface area contributed by atoms with E-state index >= 15 is 0 Å². The molecule has 0 atom stereocenters. The van der Waals surface area contributed by atoms with Gasteiger partial charge in [0.2, 0.25) is 0 Å². The number of carbonyl (C=O) groups excluding carboxylic acids is 1. The average Bonchev–Trinajstić information content (AvgIpc) is 2.45. The summed E-state index contributed by atoms with van der Waals surface area (Å²) in [6, 6.07) is 7.86. The van der Waals surface area contributed by atoms with Crippen molar-refractivity contribution >= 4 is 5.91 Å². The molecule has 0 aliphatic carbocycles. The second-order valence-electron chi connectivity index (χ2n) is 4.60. The van der Waals surface area contributed by atoms with Crippen LogP contribution < -0.4 is 16.4 Å². The predicted octanol–water partition coefficient (Wildman–Crippen LogP) is 1.31. The number of rotatable bonds is 9. The largest absolute Gasteiger partial charge is 0.352 e. The number of nitrogens with two attached hydrogens (primary N) is 1. The minimum Gasteiger partial charge on any atom is -0.352 e. The van der Waals surface area contributed by atoms with Gasteiger partial charge in [0.25, 0.3) is 5.91 Å². The molecule has 1 aromatic carbocycles. The van der Waals surface area contributed by atoms with Crippen LogP contribution in [0.25, 0.3) is 0 Å². The summed E-state index contributed by atoms with van der Waals surface area (Å²) in [5.74, 6) is 0.0120. The molecule has 1 aromatic rings. The number of hydrogen-bond acceptors (Lipinski definition) is 3. The van der Waals surface area contributed by atoms with Crippen LogP contribution in [0.15, 0.2) is 24.3 Å². The highest BCUT2D eigenvalue weighted by Crippen LogP contribution is 2.06. The summed E-state index contributed by atoms with van der Waals surface area (Å²) in [6.07, 6.45) is 3.06. The topological polar surface area (TPSA) is 67.2 Å². The molecule has 0 saturated heterocycles. The Morgan fingerprint density at radius 1 is 1.16 bits per heavy atom. The Kier molecular flexibility index (Phi) is 7.86. The maximum atomic E-state index is 11.7. The van der Waals surface area contributed by atoms with Gasteiger partial charge in [0.1, 0.15) is 0 Å². The zero-order valence-electron chi connectivity index (χ0n) is 11.7. The number of aryl methyl sites for hydroxylation is 1. The molecule has 4 nitrogen and oxygen atoms in total. The fraction of sp³-hybridized carbons (Fsp3) is 0.533. The van der Waals surface area contributed by atoms with Crippen LogP contribution >= 0.6 is 0 Å². The highest BCUT2D eigenvalue weighted by molar-refractivity contribution is 5.94. The van der Waals surface area contributed by atoms with Crippen LogP contribution in [0.1, 0.15) is 35.7 Å². The molecule has 4 heteroatoms. The third-order valence-corrected chi connectivity index (χ3v) is 2.89. The Hall–Kier alpha value is -1.39. The summed E-state index contributed by atoms with van der Waals surface area (Å²) in [6.45, 7) is 5.31. The van der Waals surface area contributed by atoms with E-state index in [0.717, 1.165) is 44.5 Å². The lowest BCUT2D eigenvalue weighted by Crippen LogP contribution is -2.24. The van der Waals surface area contributed by atoms with E-state index in [1.165, 1.54) is 5.56 Å². The molecule has 0 fully saturated rings. The Bertz CT molecular complexity index is 362. The van der Waals surface area contributed by atoms with E-state index in [9.17, 15) is 4.79 Å². The lowest BCUT2D eigenvalue weighted by atomic mass is 10.1. The van der Waals surface area contributed by atoms with Crippen molar-refractivity contribution in [3.05, 3.63) is 35.4 Å². The van der Waals surface area contributed by atoms with Crippen molar-refractivity contribution in [2.75, 3.05) is 26.2 Å². The number of carbonyl (C=O) groups is 1. The highest BCUT2D eigenvalue weighted by atomic mass is 16.1. The highest BCUT2D eigenvalue weighted by Gasteiger charge is 2.03. The quantitative estimate of drug-likeness (QED) is 0.588. The lowest BCUT2D eigenvalue weighted by Gasteiger charge is -2.06. The summed E-state index contributed by atoms with van der Waals surface area (Å²) >= 11 is 0. The standard InChI is InChI=1S/C15H25N3O/c1-2-10-18-15(19)14-7-5-13(6-8-14)4-3-11-17-12-9-16/h5-8,17H,2-4,9-12,16H2,1H3,(H,18,19). The lowest BCUT2D eigenvalue weighted by molar-refractivity contribution is 0.0953. The second-order valence-corrected chi connectivity index (χ2v) is 4.60. The summed E-state index contributed by atoms with van der Waals surface area (Å²) in [5, 5.41) is 6.14. The number of amides is 1. The summed E-state index contributed by atoms with van der Waals surface area (Å²) in [7, 11) is 0. The molecule has 0 saturated carbocycles. The first-order valence-corrected chi connectivity index (χ1v) is 7.06. The van der Waals surface area contributed by atoms with Gasteiger partial charge in [-0.05, 0) is 43.5 Å². The number of hydrogen-bond donors (Lipinski definition) is 3. The molecule has 1 rings (SSSR count). The zero-order chi connectivity index (χ0) is 13.9. The van der Waals surface area contributed by atoms with Gasteiger partial charge in [-0.3, -0.25) is 4.79 Å². The molecule has 106 valence electrons. The molecule has 0 unspecified atom stereocenters. The van der Waals surface area contributed by atoms with Crippen LogP contribution in [-0.2, 0) is 6.42 Å². The SMILES string of the molecule is CCCNC(=O)c1ccc(CCCNCCN)cc1. The smallest absolute Gasteiger partial charge is 0.251 e. The molecule has 19 heavy (non-hydrogen) atoms. The number of nitrogens with one attached hydrogen (secondary N) is 2. The molecule has 1 amide bonds. The molecule has 0 heterocycles. The maximum Gasteiger partial charge on any atom is 0.251 e. The van der Waals surface area contributed by atoms with Crippen molar-refractivity contribution in [3.63, 3.8) is 0 Å². The van der Waals surface area contributed by atoms with E-state index in [4.69, 9.17) is 5.73 Å². The zero-order valence-corrected chi connectivity index (χ0v) is 11.7. The minimum absolute atomic E-state index is 0.0120. The number of benzene rings is 1. The van der Waals surface area contributed by atoms with Gasteiger partial charge in [-0.15, -0.1) is 0 Å². The van der Waals surface area contributed by atoms with Gasteiger partial charge in [-0.25, -0.2) is 0 Å². The van der Waals surface area contributed by atoms with Crippen molar-refractivity contribution in [1.29, 1.82) is 0 Å². The molecule has 0 bridgehead atoms.